The van der Waals surface area contributed by atoms with Gasteiger partial charge in [-0.25, -0.2) is 0 Å². The van der Waals surface area contributed by atoms with Crippen molar-refractivity contribution in [1.82, 2.24) is 4.90 Å². The third-order valence-corrected chi connectivity index (χ3v) is 5.22. The number of hydrogen-bond acceptors (Lipinski definition) is 3. The summed E-state index contributed by atoms with van der Waals surface area (Å²) in [6.07, 6.45) is 1.99. The highest BCUT2D eigenvalue weighted by Crippen LogP contribution is 2.29. The lowest BCUT2D eigenvalue weighted by Gasteiger charge is -2.34. The summed E-state index contributed by atoms with van der Waals surface area (Å²) in [6.45, 7) is 3.62. The molecule has 27 heavy (non-hydrogen) atoms. The van der Waals surface area contributed by atoms with Gasteiger partial charge in [-0.15, -0.1) is 0 Å². The maximum absolute atomic E-state index is 13.4. The molecule has 144 valence electrons. The number of piperidine rings is 1. The molecule has 3 rings (SSSR count). The van der Waals surface area contributed by atoms with Crippen molar-refractivity contribution in [1.29, 1.82) is 0 Å². The minimum absolute atomic E-state index is 0.200. The molecular formula is C23H29NO3. The van der Waals surface area contributed by atoms with Crippen LogP contribution in [0, 0.1) is 5.92 Å². The SMILES string of the molecule is COCCOCC1CCN(C(=O)C(c2ccccc2)c2ccccc2)CC1. The minimum atomic E-state index is -0.234. The highest BCUT2D eigenvalue weighted by Gasteiger charge is 2.30. The van der Waals surface area contributed by atoms with Gasteiger partial charge in [-0.2, -0.15) is 0 Å². The average Bonchev–Trinajstić information content (AvgIpc) is 2.73. The molecule has 0 bridgehead atoms. The van der Waals surface area contributed by atoms with Gasteiger partial charge in [0, 0.05) is 26.8 Å². The molecule has 0 spiro atoms. The molecule has 0 saturated carbocycles. The van der Waals surface area contributed by atoms with E-state index in [0.29, 0.717) is 19.1 Å². The fourth-order valence-electron chi connectivity index (χ4n) is 3.66. The van der Waals surface area contributed by atoms with E-state index in [1.807, 2.05) is 65.6 Å². The number of hydrogen-bond donors (Lipinski definition) is 0. The molecule has 4 heteroatoms. The highest BCUT2D eigenvalue weighted by molar-refractivity contribution is 5.87. The van der Waals surface area contributed by atoms with Crippen molar-refractivity contribution in [2.24, 2.45) is 5.92 Å². The number of carbonyl (C=O) groups excluding carboxylic acids is 1. The first kappa shape index (κ1) is 19.6. The number of carbonyl (C=O) groups is 1. The molecule has 0 aromatic heterocycles. The zero-order chi connectivity index (χ0) is 18.9. The molecule has 2 aromatic carbocycles. The maximum Gasteiger partial charge on any atom is 0.234 e. The number of likely N-dealkylation sites (tertiary alicyclic amines) is 1. The Morgan fingerprint density at radius 1 is 0.963 bits per heavy atom. The van der Waals surface area contributed by atoms with Crippen molar-refractivity contribution in [3.05, 3.63) is 71.8 Å². The number of ether oxygens (including phenoxy) is 2. The molecule has 1 aliphatic rings. The largest absolute Gasteiger partial charge is 0.382 e. The van der Waals surface area contributed by atoms with Crippen LogP contribution in [-0.4, -0.2) is 50.8 Å². The van der Waals surface area contributed by atoms with E-state index in [-0.39, 0.29) is 11.8 Å². The average molecular weight is 367 g/mol. The molecular weight excluding hydrogens is 338 g/mol. The first-order valence-corrected chi connectivity index (χ1v) is 9.75. The van der Waals surface area contributed by atoms with Gasteiger partial charge in [0.2, 0.25) is 5.91 Å². The zero-order valence-electron chi connectivity index (χ0n) is 16.0. The Hall–Kier alpha value is -2.17. The second-order valence-corrected chi connectivity index (χ2v) is 7.09. The predicted octanol–water partition coefficient (Wildman–Crippen LogP) is 3.72. The van der Waals surface area contributed by atoms with Gasteiger partial charge in [0.15, 0.2) is 0 Å². The normalized spacial score (nSPS) is 15.3. The minimum Gasteiger partial charge on any atom is -0.382 e. The fraction of sp³-hybridized carbons (Fsp3) is 0.435. The van der Waals surface area contributed by atoms with Crippen molar-refractivity contribution < 1.29 is 14.3 Å². The highest BCUT2D eigenvalue weighted by atomic mass is 16.5. The first-order chi connectivity index (χ1) is 13.3. The van der Waals surface area contributed by atoms with Crippen LogP contribution in [0.4, 0.5) is 0 Å². The Bertz CT molecular complexity index is 642. The summed E-state index contributed by atoms with van der Waals surface area (Å²) >= 11 is 0. The van der Waals surface area contributed by atoms with Crippen LogP contribution in [0.25, 0.3) is 0 Å². The fourth-order valence-corrected chi connectivity index (χ4v) is 3.66. The van der Waals surface area contributed by atoms with Gasteiger partial charge in [-0.3, -0.25) is 4.79 Å². The van der Waals surface area contributed by atoms with E-state index in [0.717, 1.165) is 43.7 Å². The van der Waals surface area contributed by atoms with E-state index in [4.69, 9.17) is 9.47 Å². The van der Waals surface area contributed by atoms with Crippen LogP contribution in [0.1, 0.15) is 29.9 Å². The summed E-state index contributed by atoms with van der Waals surface area (Å²) in [6, 6.07) is 20.2. The summed E-state index contributed by atoms with van der Waals surface area (Å²) < 4.78 is 10.7. The van der Waals surface area contributed by atoms with Crippen molar-refractivity contribution in [3.8, 4) is 0 Å². The summed E-state index contributed by atoms with van der Waals surface area (Å²) in [5.74, 6) is 0.492. The van der Waals surface area contributed by atoms with Gasteiger partial charge in [0.25, 0.3) is 0 Å². The molecule has 1 aliphatic heterocycles. The Morgan fingerprint density at radius 3 is 2.04 bits per heavy atom. The number of nitrogens with zero attached hydrogens (tertiary/aromatic N) is 1. The van der Waals surface area contributed by atoms with Crippen LogP contribution in [0.3, 0.4) is 0 Å². The standard InChI is InChI=1S/C23H29NO3/c1-26-16-17-27-18-19-12-14-24(15-13-19)23(25)22(20-8-4-2-5-9-20)21-10-6-3-7-11-21/h2-11,19,22H,12-18H2,1H3. The Morgan fingerprint density at radius 2 is 1.52 bits per heavy atom. The lowest BCUT2D eigenvalue weighted by Crippen LogP contribution is -2.42. The molecule has 1 fully saturated rings. The van der Waals surface area contributed by atoms with Crippen molar-refractivity contribution in [3.63, 3.8) is 0 Å². The van der Waals surface area contributed by atoms with E-state index < -0.39 is 0 Å². The van der Waals surface area contributed by atoms with Gasteiger partial charge in [-0.05, 0) is 29.9 Å². The van der Waals surface area contributed by atoms with Crippen LogP contribution < -0.4 is 0 Å². The van der Waals surface area contributed by atoms with Gasteiger partial charge in [0.05, 0.1) is 19.1 Å². The van der Waals surface area contributed by atoms with E-state index in [1.54, 1.807) is 7.11 Å². The second-order valence-electron chi connectivity index (χ2n) is 7.09. The van der Waals surface area contributed by atoms with Crippen LogP contribution >= 0.6 is 0 Å². The molecule has 0 aliphatic carbocycles. The van der Waals surface area contributed by atoms with Gasteiger partial charge >= 0.3 is 0 Å². The van der Waals surface area contributed by atoms with E-state index >= 15 is 0 Å². The zero-order valence-corrected chi connectivity index (χ0v) is 16.0. The van der Waals surface area contributed by atoms with E-state index in [1.165, 1.54) is 0 Å². The topological polar surface area (TPSA) is 38.8 Å². The monoisotopic (exact) mass is 367 g/mol. The Balaban J connectivity index is 1.64. The number of amides is 1. The van der Waals surface area contributed by atoms with Crippen LogP contribution in [-0.2, 0) is 14.3 Å². The lowest BCUT2D eigenvalue weighted by molar-refractivity contribution is -0.133. The van der Waals surface area contributed by atoms with E-state index in [2.05, 4.69) is 0 Å². The second kappa shape index (κ2) is 10.2. The van der Waals surface area contributed by atoms with E-state index in [9.17, 15) is 4.79 Å². The quantitative estimate of drug-likeness (QED) is 0.668. The molecule has 4 nitrogen and oxygen atoms in total. The van der Waals surface area contributed by atoms with Crippen molar-refractivity contribution >= 4 is 5.91 Å². The summed E-state index contributed by atoms with van der Waals surface area (Å²) in [4.78, 5) is 15.4. The number of benzene rings is 2. The van der Waals surface area contributed by atoms with Crippen molar-refractivity contribution in [2.45, 2.75) is 18.8 Å². The number of rotatable bonds is 8. The molecule has 1 amide bonds. The molecule has 1 saturated heterocycles. The number of methoxy groups -OCH3 is 1. The maximum atomic E-state index is 13.4. The molecule has 0 unspecified atom stereocenters. The van der Waals surface area contributed by atoms with Crippen LogP contribution in [0.5, 0.6) is 0 Å². The first-order valence-electron chi connectivity index (χ1n) is 9.75. The Kier molecular flexibility index (Phi) is 7.43. The summed E-state index contributed by atoms with van der Waals surface area (Å²) in [5, 5.41) is 0. The Labute approximate surface area is 162 Å². The van der Waals surface area contributed by atoms with Crippen LogP contribution in [0.15, 0.2) is 60.7 Å². The van der Waals surface area contributed by atoms with Gasteiger partial charge in [0.1, 0.15) is 0 Å². The third kappa shape index (κ3) is 5.41. The van der Waals surface area contributed by atoms with Gasteiger partial charge in [-0.1, -0.05) is 60.7 Å². The van der Waals surface area contributed by atoms with Gasteiger partial charge < -0.3 is 14.4 Å². The van der Waals surface area contributed by atoms with Crippen LogP contribution in [0.2, 0.25) is 0 Å². The molecule has 0 N–H and O–H groups in total. The van der Waals surface area contributed by atoms with Crippen molar-refractivity contribution in [2.75, 3.05) is 40.0 Å². The predicted molar refractivity (Wildman–Crippen MR) is 107 cm³/mol. The molecule has 2 aromatic rings. The summed E-state index contributed by atoms with van der Waals surface area (Å²) in [5.41, 5.74) is 2.11. The molecule has 0 atom stereocenters. The third-order valence-electron chi connectivity index (χ3n) is 5.22. The molecule has 0 radical (unpaired) electrons. The molecule has 1 heterocycles. The lowest BCUT2D eigenvalue weighted by atomic mass is 9.88. The summed E-state index contributed by atoms with van der Waals surface area (Å²) in [7, 11) is 1.68. The smallest absolute Gasteiger partial charge is 0.234 e.